The van der Waals surface area contributed by atoms with E-state index >= 15 is 0 Å². The van der Waals surface area contributed by atoms with E-state index < -0.39 is 17.7 Å². The third-order valence-electron chi connectivity index (χ3n) is 6.69. The first kappa shape index (κ1) is 26.7. The Labute approximate surface area is 218 Å². The van der Waals surface area contributed by atoms with E-state index in [0.29, 0.717) is 62.1 Å². The number of amides is 1. The molecule has 8 nitrogen and oxygen atoms in total. The van der Waals surface area contributed by atoms with Gasteiger partial charge in [-0.05, 0) is 31.0 Å². The van der Waals surface area contributed by atoms with Crippen molar-refractivity contribution in [2.75, 3.05) is 52.6 Å². The second-order valence-corrected chi connectivity index (χ2v) is 9.15. The predicted molar refractivity (Wildman–Crippen MR) is 141 cm³/mol. The number of aliphatic hydroxyl groups is 1. The molecule has 0 aliphatic carbocycles. The van der Waals surface area contributed by atoms with Gasteiger partial charge >= 0.3 is 0 Å². The van der Waals surface area contributed by atoms with Crippen LogP contribution < -0.4 is 9.47 Å². The van der Waals surface area contributed by atoms with Gasteiger partial charge in [0.1, 0.15) is 5.76 Å². The average molecular weight is 509 g/mol. The van der Waals surface area contributed by atoms with Gasteiger partial charge in [-0.25, -0.2) is 0 Å². The van der Waals surface area contributed by atoms with Crippen LogP contribution in [0.1, 0.15) is 43.9 Å². The molecule has 8 heteroatoms. The van der Waals surface area contributed by atoms with Gasteiger partial charge in [0.25, 0.3) is 11.7 Å². The van der Waals surface area contributed by atoms with Gasteiger partial charge in [0.15, 0.2) is 11.5 Å². The molecule has 2 heterocycles. The topological polar surface area (TPSA) is 88.5 Å². The molecule has 198 valence electrons. The molecule has 0 spiro atoms. The number of rotatable bonds is 11. The molecule has 1 atom stereocenters. The van der Waals surface area contributed by atoms with Crippen LogP contribution in [-0.4, -0.2) is 79.2 Å². The number of benzene rings is 2. The quantitative estimate of drug-likeness (QED) is 0.212. The molecule has 2 saturated heterocycles. The minimum atomic E-state index is -0.745. The van der Waals surface area contributed by atoms with Crippen molar-refractivity contribution in [3.63, 3.8) is 0 Å². The number of likely N-dealkylation sites (tertiary alicyclic amines) is 1. The van der Waals surface area contributed by atoms with Crippen molar-refractivity contribution in [2.45, 2.75) is 32.7 Å². The van der Waals surface area contributed by atoms with E-state index in [4.69, 9.17) is 14.2 Å². The lowest BCUT2D eigenvalue weighted by molar-refractivity contribution is -0.140. The Morgan fingerprint density at radius 2 is 1.76 bits per heavy atom. The van der Waals surface area contributed by atoms with Crippen molar-refractivity contribution < 1.29 is 28.9 Å². The average Bonchev–Trinajstić information content (AvgIpc) is 3.18. The molecule has 2 fully saturated rings. The summed E-state index contributed by atoms with van der Waals surface area (Å²) in [6, 6.07) is 13.6. The highest BCUT2D eigenvalue weighted by Crippen LogP contribution is 2.42. The van der Waals surface area contributed by atoms with Crippen LogP contribution in [0.25, 0.3) is 5.76 Å². The number of Topliss-reactive ketones (excluding diaryl/α,β-unsaturated/α-hetero) is 1. The van der Waals surface area contributed by atoms with Crippen molar-refractivity contribution in [3.05, 3.63) is 65.2 Å². The summed E-state index contributed by atoms with van der Waals surface area (Å²) in [5.74, 6) is -0.312. The van der Waals surface area contributed by atoms with Gasteiger partial charge in [-0.15, -0.1) is 0 Å². The molecule has 1 unspecified atom stereocenters. The lowest BCUT2D eigenvalue weighted by Crippen LogP contribution is -2.42. The Morgan fingerprint density at radius 3 is 2.46 bits per heavy atom. The molecule has 4 rings (SSSR count). The summed E-state index contributed by atoms with van der Waals surface area (Å²) in [6.07, 6.45) is 1.94. The van der Waals surface area contributed by atoms with Crippen LogP contribution >= 0.6 is 0 Å². The van der Waals surface area contributed by atoms with Gasteiger partial charge in [-0.1, -0.05) is 49.7 Å². The monoisotopic (exact) mass is 508 g/mol. The third-order valence-corrected chi connectivity index (χ3v) is 6.69. The lowest BCUT2D eigenvalue weighted by Gasteiger charge is -2.31. The number of ether oxygens (including phenoxy) is 3. The summed E-state index contributed by atoms with van der Waals surface area (Å²) in [5, 5.41) is 11.2. The van der Waals surface area contributed by atoms with Crippen LogP contribution in [0.4, 0.5) is 0 Å². The standard InChI is InChI=1S/C29H36N2O6/c1-3-5-17-37-23-12-11-22(20-24(23)36-4-2)26-25(27(32)21-9-7-6-8-10-21)28(33)29(34)31(26)14-13-30-15-18-35-19-16-30/h6-12,20,26,32H,3-5,13-19H2,1-2H3/b27-25+. The fraction of sp³-hybridized carbons (Fsp3) is 0.448. The summed E-state index contributed by atoms with van der Waals surface area (Å²) in [4.78, 5) is 30.4. The van der Waals surface area contributed by atoms with Crippen molar-refractivity contribution in [2.24, 2.45) is 0 Å². The van der Waals surface area contributed by atoms with Crippen LogP contribution in [0.3, 0.4) is 0 Å². The fourth-order valence-electron chi connectivity index (χ4n) is 4.69. The molecule has 0 saturated carbocycles. The summed E-state index contributed by atoms with van der Waals surface area (Å²) in [6.45, 7) is 8.80. The molecule has 2 aromatic carbocycles. The number of morpholine rings is 1. The smallest absolute Gasteiger partial charge is 0.295 e. The van der Waals surface area contributed by atoms with Gasteiger partial charge in [0, 0.05) is 31.7 Å². The van der Waals surface area contributed by atoms with Gasteiger partial charge in [-0.3, -0.25) is 14.5 Å². The second kappa shape index (κ2) is 12.7. The van der Waals surface area contributed by atoms with Crippen LogP contribution in [0.15, 0.2) is 54.1 Å². The molecule has 0 aromatic heterocycles. The van der Waals surface area contributed by atoms with Gasteiger partial charge in [0.2, 0.25) is 0 Å². The Balaban J connectivity index is 1.74. The largest absolute Gasteiger partial charge is 0.507 e. The highest BCUT2D eigenvalue weighted by atomic mass is 16.5. The van der Waals surface area contributed by atoms with Crippen LogP contribution in [0, 0.1) is 0 Å². The maximum atomic E-state index is 13.3. The number of hydrogen-bond acceptors (Lipinski definition) is 7. The zero-order chi connectivity index (χ0) is 26.2. The molecular formula is C29H36N2O6. The number of hydrogen-bond donors (Lipinski definition) is 1. The Hall–Kier alpha value is -3.36. The highest BCUT2D eigenvalue weighted by Gasteiger charge is 2.46. The van der Waals surface area contributed by atoms with Gasteiger partial charge < -0.3 is 24.2 Å². The summed E-state index contributed by atoms with van der Waals surface area (Å²) >= 11 is 0. The van der Waals surface area contributed by atoms with Gasteiger partial charge in [0.05, 0.1) is 38.0 Å². The van der Waals surface area contributed by atoms with Crippen molar-refractivity contribution in [1.82, 2.24) is 9.80 Å². The SMILES string of the molecule is CCCCOc1ccc(C2/C(=C(\O)c3ccccc3)C(=O)C(=O)N2CCN2CCOCC2)cc1OCC. The lowest BCUT2D eigenvalue weighted by atomic mass is 9.95. The summed E-state index contributed by atoms with van der Waals surface area (Å²) in [5.41, 5.74) is 1.26. The molecule has 2 aromatic rings. The minimum absolute atomic E-state index is 0.0836. The normalized spacial score (nSPS) is 19.8. The third kappa shape index (κ3) is 6.14. The number of carbonyl (C=O) groups is 2. The molecule has 0 radical (unpaired) electrons. The first-order valence-electron chi connectivity index (χ1n) is 13.1. The van der Waals surface area contributed by atoms with E-state index in [-0.39, 0.29) is 11.3 Å². The van der Waals surface area contributed by atoms with Crippen LogP contribution in [0.2, 0.25) is 0 Å². The van der Waals surface area contributed by atoms with Gasteiger partial charge in [-0.2, -0.15) is 0 Å². The van der Waals surface area contributed by atoms with E-state index in [1.165, 1.54) is 0 Å². The van der Waals surface area contributed by atoms with Crippen LogP contribution in [-0.2, 0) is 14.3 Å². The Kier molecular flexibility index (Phi) is 9.19. The molecule has 2 aliphatic heterocycles. The maximum absolute atomic E-state index is 13.3. The van der Waals surface area contributed by atoms with E-state index in [1.54, 1.807) is 29.2 Å². The first-order chi connectivity index (χ1) is 18.0. The zero-order valence-corrected chi connectivity index (χ0v) is 21.7. The predicted octanol–water partition coefficient (Wildman–Crippen LogP) is 4.02. The number of unbranched alkanes of at least 4 members (excludes halogenated alkanes) is 1. The fourth-order valence-corrected chi connectivity index (χ4v) is 4.69. The maximum Gasteiger partial charge on any atom is 0.295 e. The molecule has 1 amide bonds. The molecule has 1 N–H and O–H groups in total. The zero-order valence-electron chi connectivity index (χ0n) is 21.7. The number of aliphatic hydroxyl groups excluding tert-OH is 1. The van der Waals surface area contributed by atoms with Crippen molar-refractivity contribution in [3.8, 4) is 11.5 Å². The highest BCUT2D eigenvalue weighted by molar-refractivity contribution is 6.46. The van der Waals surface area contributed by atoms with E-state index in [9.17, 15) is 14.7 Å². The number of carbonyl (C=O) groups excluding carboxylic acids is 2. The summed E-state index contributed by atoms with van der Waals surface area (Å²) < 4.78 is 17.3. The molecule has 0 bridgehead atoms. The minimum Gasteiger partial charge on any atom is -0.507 e. The first-order valence-corrected chi connectivity index (χ1v) is 13.1. The second-order valence-electron chi connectivity index (χ2n) is 9.15. The molecule has 2 aliphatic rings. The van der Waals surface area contributed by atoms with Crippen LogP contribution in [0.5, 0.6) is 11.5 Å². The number of nitrogens with zero attached hydrogens (tertiary/aromatic N) is 2. The molecular weight excluding hydrogens is 472 g/mol. The Bertz CT molecular complexity index is 1110. The van der Waals surface area contributed by atoms with Crippen molar-refractivity contribution >= 4 is 17.4 Å². The van der Waals surface area contributed by atoms with E-state index in [0.717, 1.165) is 25.9 Å². The van der Waals surface area contributed by atoms with E-state index in [1.807, 2.05) is 31.2 Å². The Morgan fingerprint density at radius 1 is 1.00 bits per heavy atom. The van der Waals surface area contributed by atoms with E-state index in [2.05, 4.69) is 11.8 Å². The molecule has 37 heavy (non-hydrogen) atoms. The van der Waals surface area contributed by atoms with Crippen molar-refractivity contribution in [1.29, 1.82) is 0 Å². The summed E-state index contributed by atoms with van der Waals surface area (Å²) in [7, 11) is 0. The number of ketones is 1.